The molecule has 1 unspecified atom stereocenters. The number of hydrogen-bond donors (Lipinski definition) is 0. The molecule has 15 heavy (non-hydrogen) atoms. The number of nitriles is 1. The molecule has 78 valence electrons. The van der Waals surface area contributed by atoms with Gasteiger partial charge in [-0.1, -0.05) is 25.1 Å². The van der Waals surface area contributed by atoms with Crippen LogP contribution in [0.15, 0.2) is 18.2 Å². The van der Waals surface area contributed by atoms with Crippen LogP contribution < -0.4 is 0 Å². The number of aryl methyl sites for hydroxylation is 1. The summed E-state index contributed by atoms with van der Waals surface area (Å²) in [5.74, 6) is -0.145. The monoisotopic (exact) mass is 201 g/mol. The van der Waals surface area contributed by atoms with E-state index in [-0.39, 0.29) is 18.1 Å². The van der Waals surface area contributed by atoms with Crippen molar-refractivity contribution < 1.29 is 4.79 Å². The third-order valence-corrected chi connectivity index (χ3v) is 2.72. The molecule has 0 radical (unpaired) electrons. The summed E-state index contributed by atoms with van der Waals surface area (Å²) in [5.41, 5.74) is 2.88. The van der Waals surface area contributed by atoms with Crippen molar-refractivity contribution in [2.24, 2.45) is 5.92 Å². The molecule has 0 bridgehead atoms. The molecule has 1 atom stereocenters. The van der Waals surface area contributed by atoms with Crippen LogP contribution in [0.5, 0.6) is 0 Å². The summed E-state index contributed by atoms with van der Waals surface area (Å²) in [5, 5.41) is 8.55. The number of carbonyl (C=O) groups excluding carboxylic acids is 1. The third-order valence-electron chi connectivity index (χ3n) is 2.72. The van der Waals surface area contributed by atoms with Crippen LogP contribution in [-0.2, 0) is 0 Å². The van der Waals surface area contributed by atoms with Crippen molar-refractivity contribution in [1.29, 1.82) is 5.26 Å². The van der Waals surface area contributed by atoms with Crippen LogP contribution in [0.3, 0.4) is 0 Å². The molecule has 1 aromatic rings. The standard InChI is InChI=1S/C13H15NO/c1-9-5-4-6-12(11(9)3)13(15)10(2)7-8-14/h4-6,10H,7H2,1-3H3. The van der Waals surface area contributed by atoms with Gasteiger partial charge < -0.3 is 0 Å². The first kappa shape index (κ1) is 11.5. The highest BCUT2D eigenvalue weighted by atomic mass is 16.1. The molecular weight excluding hydrogens is 186 g/mol. The second kappa shape index (κ2) is 4.75. The van der Waals surface area contributed by atoms with E-state index in [2.05, 4.69) is 0 Å². The summed E-state index contributed by atoms with van der Waals surface area (Å²) in [6, 6.07) is 7.73. The van der Waals surface area contributed by atoms with Crippen LogP contribution in [0.1, 0.15) is 34.8 Å². The Bertz CT molecular complexity index is 415. The maximum Gasteiger partial charge on any atom is 0.166 e. The molecule has 0 aliphatic heterocycles. The lowest BCUT2D eigenvalue weighted by molar-refractivity contribution is 0.0931. The lowest BCUT2D eigenvalue weighted by atomic mass is 9.92. The summed E-state index contributed by atoms with van der Waals surface area (Å²) in [6.07, 6.45) is 0.284. The summed E-state index contributed by atoms with van der Waals surface area (Å²) >= 11 is 0. The van der Waals surface area contributed by atoms with E-state index < -0.39 is 0 Å². The van der Waals surface area contributed by atoms with Gasteiger partial charge in [-0.15, -0.1) is 0 Å². The van der Waals surface area contributed by atoms with Crippen molar-refractivity contribution in [3.05, 3.63) is 34.9 Å². The van der Waals surface area contributed by atoms with Gasteiger partial charge in [0.15, 0.2) is 5.78 Å². The van der Waals surface area contributed by atoms with Gasteiger partial charge in [-0.05, 0) is 25.0 Å². The Morgan fingerprint density at radius 1 is 1.47 bits per heavy atom. The molecule has 0 aromatic heterocycles. The molecule has 0 saturated heterocycles. The molecule has 0 fully saturated rings. The van der Waals surface area contributed by atoms with Crippen LogP contribution in [0.2, 0.25) is 0 Å². The molecule has 0 spiro atoms. The number of ketones is 1. The van der Waals surface area contributed by atoms with Gasteiger partial charge in [-0.25, -0.2) is 0 Å². The maximum absolute atomic E-state index is 12.0. The van der Waals surface area contributed by atoms with Crippen molar-refractivity contribution in [3.63, 3.8) is 0 Å². The average Bonchev–Trinajstić information content (AvgIpc) is 2.21. The summed E-state index contributed by atoms with van der Waals surface area (Å²) in [7, 11) is 0. The van der Waals surface area contributed by atoms with E-state index in [1.165, 1.54) is 0 Å². The van der Waals surface area contributed by atoms with E-state index in [9.17, 15) is 4.79 Å². The Labute approximate surface area is 90.5 Å². The summed E-state index contributed by atoms with van der Waals surface area (Å²) < 4.78 is 0. The number of carbonyl (C=O) groups is 1. The van der Waals surface area contributed by atoms with Crippen molar-refractivity contribution in [1.82, 2.24) is 0 Å². The third kappa shape index (κ3) is 2.44. The van der Waals surface area contributed by atoms with Gasteiger partial charge in [-0.3, -0.25) is 4.79 Å². The van der Waals surface area contributed by atoms with Gasteiger partial charge in [0, 0.05) is 17.9 Å². The molecule has 0 heterocycles. The lowest BCUT2D eigenvalue weighted by Gasteiger charge is -2.10. The minimum Gasteiger partial charge on any atom is -0.294 e. The maximum atomic E-state index is 12.0. The molecule has 0 saturated carbocycles. The van der Waals surface area contributed by atoms with E-state index in [1.54, 1.807) is 6.92 Å². The molecular formula is C13H15NO. The van der Waals surface area contributed by atoms with E-state index in [1.807, 2.05) is 38.1 Å². The molecule has 0 aliphatic carbocycles. The predicted molar refractivity (Wildman–Crippen MR) is 59.6 cm³/mol. The largest absolute Gasteiger partial charge is 0.294 e. The molecule has 1 rings (SSSR count). The Morgan fingerprint density at radius 2 is 2.13 bits per heavy atom. The Hall–Kier alpha value is -1.62. The highest BCUT2D eigenvalue weighted by Crippen LogP contribution is 2.18. The zero-order chi connectivity index (χ0) is 11.4. The molecule has 0 N–H and O–H groups in total. The van der Waals surface area contributed by atoms with Crippen LogP contribution in [-0.4, -0.2) is 5.78 Å². The Balaban J connectivity index is 3.02. The zero-order valence-corrected chi connectivity index (χ0v) is 9.37. The Morgan fingerprint density at radius 3 is 2.73 bits per heavy atom. The fraction of sp³-hybridized carbons (Fsp3) is 0.385. The highest BCUT2D eigenvalue weighted by molar-refractivity contribution is 5.99. The predicted octanol–water partition coefficient (Wildman–Crippen LogP) is 3.04. The summed E-state index contributed by atoms with van der Waals surface area (Å²) in [6.45, 7) is 5.73. The van der Waals surface area contributed by atoms with Crippen molar-refractivity contribution in [2.75, 3.05) is 0 Å². The first-order valence-corrected chi connectivity index (χ1v) is 5.05. The Kier molecular flexibility index (Phi) is 3.62. The van der Waals surface area contributed by atoms with Gasteiger partial charge in [0.05, 0.1) is 6.07 Å². The van der Waals surface area contributed by atoms with E-state index in [0.717, 1.165) is 16.7 Å². The quantitative estimate of drug-likeness (QED) is 0.705. The smallest absolute Gasteiger partial charge is 0.166 e. The normalized spacial score (nSPS) is 11.9. The van der Waals surface area contributed by atoms with Crippen molar-refractivity contribution in [3.8, 4) is 6.07 Å². The second-order valence-electron chi connectivity index (χ2n) is 3.88. The van der Waals surface area contributed by atoms with Crippen LogP contribution in [0, 0.1) is 31.1 Å². The van der Waals surface area contributed by atoms with Crippen molar-refractivity contribution in [2.45, 2.75) is 27.2 Å². The fourth-order valence-corrected chi connectivity index (χ4v) is 1.51. The lowest BCUT2D eigenvalue weighted by Crippen LogP contribution is -2.12. The number of nitrogens with zero attached hydrogens (tertiary/aromatic N) is 1. The molecule has 2 heteroatoms. The van der Waals surface area contributed by atoms with Crippen molar-refractivity contribution >= 4 is 5.78 Å². The van der Waals surface area contributed by atoms with Gasteiger partial charge in [0.25, 0.3) is 0 Å². The number of hydrogen-bond acceptors (Lipinski definition) is 2. The minimum absolute atomic E-state index is 0.0674. The first-order valence-electron chi connectivity index (χ1n) is 5.05. The second-order valence-corrected chi connectivity index (χ2v) is 3.88. The zero-order valence-electron chi connectivity index (χ0n) is 9.37. The molecule has 2 nitrogen and oxygen atoms in total. The highest BCUT2D eigenvalue weighted by Gasteiger charge is 2.16. The van der Waals surface area contributed by atoms with E-state index >= 15 is 0 Å². The van der Waals surface area contributed by atoms with E-state index in [4.69, 9.17) is 5.26 Å². The fourth-order valence-electron chi connectivity index (χ4n) is 1.51. The first-order chi connectivity index (χ1) is 7.07. The molecule has 0 aliphatic rings. The number of rotatable bonds is 3. The van der Waals surface area contributed by atoms with Crippen LogP contribution >= 0.6 is 0 Å². The topological polar surface area (TPSA) is 40.9 Å². The van der Waals surface area contributed by atoms with Gasteiger partial charge in [0.1, 0.15) is 0 Å². The van der Waals surface area contributed by atoms with Crippen LogP contribution in [0.4, 0.5) is 0 Å². The van der Waals surface area contributed by atoms with Crippen LogP contribution in [0.25, 0.3) is 0 Å². The molecule has 0 amide bonds. The molecule has 1 aromatic carbocycles. The summed E-state index contributed by atoms with van der Waals surface area (Å²) in [4.78, 5) is 12.0. The minimum atomic E-state index is -0.213. The van der Waals surface area contributed by atoms with E-state index in [0.29, 0.717) is 0 Å². The SMILES string of the molecule is Cc1cccc(C(=O)C(C)CC#N)c1C. The van der Waals surface area contributed by atoms with Gasteiger partial charge in [-0.2, -0.15) is 5.26 Å². The number of benzene rings is 1. The van der Waals surface area contributed by atoms with Gasteiger partial charge >= 0.3 is 0 Å². The number of Topliss-reactive ketones (excluding diaryl/α,β-unsaturated/α-hetero) is 1. The average molecular weight is 201 g/mol. The van der Waals surface area contributed by atoms with Gasteiger partial charge in [0.2, 0.25) is 0 Å².